The minimum absolute atomic E-state index is 1.15. The fourth-order valence-corrected chi connectivity index (χ4v) is 8.36. The first-order valence-electron chi connectivity index (χ1n) is 17.5. The Hall–Kier alpha value is -6.84. The van der Waals surface area contributed by atoms with Crippen LogP contribution in [0.15, 0.2) is 176 Å². The lowest BCUT2D eigenvalue weighted by Crippen LogP contribution is -1.94. The molecule has 0 amide bonds. The van der Waals surface area contributed by atoms with Gasteiger partial charge in [0.15, 0.2) is 0 Å². The van der Waals surface area contributed by atoms with E-state index in [0.29, 0.717) is 0 Å². The summed E-state index contributed by atoms with van der Waals surface area (Å²) in [4.78, 5) is 7.53. The lowest BCUT2D eigenvalue weighted by atomic mass is 9.91. The monoisotopic (exact) mass is 649 g/mol. The van der Waals surface area contributed by atoms with Gasteiger partial charge < -0.3 is 14.5 Å². The highest BCUT2D eigenvalue weighted by Gasteiger charge is 2.17. The second-order valence-electron chi connectivity index (χ2n) is 13.5. The van der Waals surface area contributed by atoms with Crippen molar-refractivity contribution >= 4 is 65.4 Å². The average Bonchev–Trinajstić information content (AvgIpc) is 3.87. The topological polar surface area (TPSA) is 36.5 Å². The molecule has 0 aliphatic heterocycles. The largest absolute Gasteiger partial charge is 0.354 e. The molecule has 3 nitrogen and oxygen atoms in total. The van der Waals surface area contributed by atoms with Crippen molar-refractivity contribution in [2.75, 3.05) is 0 Å². The summed E-state index contributed by atoms with van der Waals surface area (Å²) in [5.74, 6) is 0. The molecular formula is C48H31N3. The summed E-state index contributed by atoms with van der Waals surface area (Å²) in [7, 11) is 0. The van der Waals surface area contributed by atoms with Crippen molar-refractivity contribution in [3.63, 3.8) is 0 Å². The van der Waals surface area contributed by atoms with Crippen LogP contribution in [0.4, 0.5) is 0 Å². The van der Waals surface area contributed by atoms with Crippen molar-refractivity contribution < 1.29 is 0 Å². The molecule has 0 saturated carbocycles. The number of aromatic amines is 2. The number of hydrogen-bond acceptors (Lipinski definition) is 0. The van der Waals surface area contributed by atoms with Gasteiger partial charge in [-0.25, -0.2) is 0 Å². The second kappa shape index (κ2) is 10.8. The molecule has 0 aliphatic rings. The Balaban J connectivity index is 1.17. The highest BCUT2D eigenvalue weighted by molar-refractivity contribution is 6.14. The fourth-order valence-electron chi connectivity index (χ4n) is 8.36. The first-order valence-corrected chi connectivity index (χ1v) is 17.5. The molecule has 0 atom stereocenters. The Labute approximate surface area is 294 Å². The molecule has 0 radical (unpaired) electrons. The maximum Gasteiger partial charge on any atom is 0.0544 e. The van der Waals surface area contributed by atoms with Crippen LogP contribution in [0.2, 0.25) is 0 Å². The number of benzene rings is 8. The highest BCUT2D eigenvalue weighted by atomic mass is 15.0. The third-order valence-electron chi connectivity index (χ3n) is 10.7. The molecule has 51 heavy (non-hydrogen) atoms. The molecule has 11 aromatic rings. The van der Waals surface area contributed by atoms with E-state index in [0.717, 1.165) is 27.8 Å². The van der Waals surface area contributed by atoms with Gasteiger partial charge in [0.2, 0.25) is 0 Å². The van der Waals surface area contributed by atoms with Gasteiger partial charge in [0, 0.05) is 60.2 Å². The number of nitrogens with zero attached hydrogens (tertiary/aromatic N) is 1. The Morgan fingerprint density at radius 2 is 0.765 bits per heavy atom. The summed E-state index contributed by atoms with van der Waals surface area (Å²) in [6.45, 7) is 0. The van der Waals surface area contributed by atoms with E-state index >= 15 is 0 Å². The predicted octanol–water partition coefficient (Wildman–Crippen LogP) is 13.1. The van der Waals surface area contributed by atoms with Gasteiger partial charge in [-0.2, -0.15) is 0 Å². The van der Waals surface area contributed by atoms with Crippen LogP contribution in [-0.2, 0) is 0 Å². The zero-order valence-electron chi connectivity index (χ0n) is 27.7. The van der Waals surface area contributed by atoms with E-state index in [1.165, 1.54) is 76.7 Å². The van der Waals surface area contributed by atoms with Crippen LogP contribution in [0.5, 0.6) is 0 Å². The van der Waals surface area contributed by atoms with Gasteiger partial charge in [-0.05, 0) is 76.9 Å². The van der Waals surface area contributed by atoms with E-state index in [1.54, 1.807) is 0 Å². The van der Waals surface area contributed by atoms with Gasteiger partial charge in [0.25, 0.3) is 0 Å². The number of fused-ring (bicyclic) bond motifs is 9. The fraction of sp³-hybridized carbons (Fsp3) is 0. The molecule has 8 aromatic carbocycles. The molecule has 3 heterocycles. The summed E-state index contributed by atoms with van der Waals surface area (Å²) < 4.78 is 2.40. The zero-order valence-corrected chi connectivity index (χ0v) is 27.7. The van der Waals surface area contributed by atoms with Crippen molar-refractivity contribution in [2.45, 2.75) is 0 Å². The van der Waals surface area contributed by atoms with Crippen LogP contribution >= 0.6 is 0 Å². The average molecular weight is 650 g/mol. The van der Waals surface area contributed by atoms with Crippen molar-refractivity contribution in [3.8, 4) is 39.1 Å². The van der Waals surface area contributed by atoms with Crippen molar-refractivity contribution in [1.29, 1.82) is 0 Å². The molecule has 3 aromatic heterocycles. The number of nitrogens with one attached hydrogen (secondary N) is 2. The van der Waals surface area contributed by atoms with Crippen molar-refractivity contribution in [2.24, 2.45) is 0 Å². The maximum atomic E-state index is 3.76. The lowest BCUT2D eigenvalue weighted by Gasteiger charge is -2.14. The molecule has 0 fully saturated rings. The summed E-state index contributed by atoms with van der Waals surface area (Å²) in [5, 5.41) is 7.49. The minimum atomic E-state index is 1.15. The lowest BCUT2D eigenvalue weighted by molar-refractivity contribution is 1.18. The summed E-state index contributed by atoms with van der Waals surface area (Å²) in [5.41, 5.74) is 15.3. The van der Waals surface area contributed by atoms with E-state index in [-0.39, 0.29) is 0 Å². The second-order valence-corrected chi connectivity index (χ2v) is 13.5. The van der Waals surface area contributed by atoms with Crippen LogP contribution in [0.25, 0.3) is 104 Å². The Kier molecular flexibility index (Phi) is 5.96. The van der Waals surface area contributed by atoms with E-state index in [4.69, 9.17) is 0 Å². The molecule has 3 heteroatoms. The first kappa shape index (κ1) is 28.0. The Morgan fingerprint density at radius 1 is 0.314 bits per heavy atom. The quantitative estimate of drug-likeness (QED) is 0.190. The first-order chi connectivity index (χ1) is 25.3. The Morgan fingerprint density at radius 3 is 1.33 bits per heavy atom. The van der Waals surface area contributed by atoms with Gasteiger partial charge in [0.05, 0.1) is 22.1 Å². The summed E-state index contributed by atoms with van der Waals surface area (Å²) in [6.07, 6.45) is 0. The molecular weight excluding hydrogens is 619 g/mol. The number of hydrogen-bond donors (Lipinski definition) is 2. The third kappa shape index (κ3) is 4.25. The van der Waals surface area contributed by atoms with E-state index in [9.17, 15) is 0 Å². The molecule has 0 unspecified atom stereocenters. The minimum Gasteiger partial charge on any atom is -0.354 e. The van der Waals surface area contributed by atoms with Crippen molar-refractivity contribution in [1.82, 2.24) is 14.5 Å². The van der Waals surface area contributed by atoms with Crippen LogP contribution in [0.1, 0.15) is 0 Å². The van der Waals surface area contributed by atoms with Gasteiger partial charge in [0.1, 0.15) is 0 Å². The number of para-hydroxylation sites is 6. The number of H-pyrrole nitrogens is 2. The van der Waals surface area contributed by atoms with Crippen molar-refractivity contribution in [3.05, 3.63) is 176 Å². The molecule has 238 valence electrons. The van der Waals surface area contributed by atoms with E-state index in [1.807, 2.05) is 0 Å². The van der Waals surface area contributed by atoms with Crippen LogP contribution < -0.4 is 0 Å². The SMILES string of the molecule is c1cc(-c2cc(-c3cccc4c3[nH]c3ccccc34)cc(-c3cccc4c3[nH]c3ccccc34)c2)cc(-n2c3ccccc3c3ccccc32)c1. The van der Waals surface area contributed by atoms with Crippen LogP contribution in [0.3, 0.4) is 0 Å². The normalized spacial score (nSPS) is 11.9. The van der Waals surface area contributed by atoms with Crippen LogP contribution in [-0.4, -0.2) is 14.5 Å². The predicted molar refractivity (Wildman–Crippen MR) is 216 cm³/mol. The summed E-state index contributed by atoms with van der Waals surface area (Å²) >= 11 is 0. The van der Waals surface area contributed by atoms with E-state index < -0.39 is 0 Å². The molecule has 0 bridgehead atoms. The molecule has 0 aliphatic carbocycles. The van der Waals surface area contributed by atoms with Gasteiger partial charge >= 0.3 is 0 Å². The smallest absolute Gasteiger partial charge is 0.0544 e. The third-order valence-corrected chi connectivity index (χ3v) is 10.7. The van der Waals surface area contributed by atoms with Gasteiger partial charge in [-0.15, -0.1) is 0 Å². The van der Waals surface area contributed by atoms with E-state index in [2.05, 4.69) is 190 Å². The summed E-state index contributed by atoms with van der Waals surface area (Å²) in [6, 6.07) is 64.0. The van der Waals surface area contributed by atoms with Gasteiger partial charge in [-0.3, -0.25) is 0 Å². The standard InChI is InChI=1S/C48H31N3/c1-5-22-43-37(14-1)41-20-10-18-35(47(41)49-43)32-26-31(27-33(28-32)36-19-11-21-42-38-15-2-6-23-44(38)50-48(36)42)30-12-9-13-34(29-30)51-45-24-7-3-16-39(45)40-17-4-8-25-46(40)51/h1-29,49-50H. The molecule has 0 saturated heterocycles. The number of aromatic nitrogens is 3. The molecule has 2 N–H and O–H groups in total. The number of rotatable bonds is 4. The Bertz CT molecular complexity index is 2970. The maximum absolute atomic E-state index is 3.76. The van der Waals surface area contributed by atoms with Gasteiger partial charge in [-0.1, -0.05) is 121 Å². The highest BCUT2D eigenvalue weighted by Crippen LogP contribution is 2.41. The molecule has 0 spiro atoms. The molecule has 11 rings (SSSR count). The van der Waals surface area contributed by atoms with Crippen LogP contribution in [0, 0.1) is 0 Å². The zero-order chi connectivity index (χ0) is 33.5.